The summed E-state index contributed by atoms with van der Waals surface area (Å²) in [6.45, 7) is 5.17. The molecule has 0 saturated carbocycles. The Morgan fingerprint density at radius 3 is 2.46 bits per heavy atom. The van der Waals surface area contributed by atoms with Gasteiger partial charge in [0.1, 0.15) is 5.82 Å². The van der Waals surface area contributed by atoms with Crippen molar-refractivity contribution in [3.8, 4) is 0 Å². The van der Waals surface area contributed by atoms with Crippen LogP contribution in [0.1, 0.15) is 43.5 Å². The first-order valence-electron chi connectivity index (χ1n) is 8.34. The van der Waals surface area contributed by atoms with E-state index in [1.165, 1.54) is 24.3 Å². The average molecular weight is 337 g/mol. The van der Waals surface area contributed by atoms with E-state index in [-0.39, 0.29) is 23.7 Å². The lowest BCUT2D eigenvalue weighted by atomic mass is 10.0. The van der Waals surface area contributed by atoms with Crippen LogP contribution >= 0.6 is 0 Å². The zero-order chi connectivity index (χ0) is 18.1. The monoisotopic (exact) mass is 337 g/mol. The van der Waals surface area contributed by atoms with Crippen LogP contribution in [0.4, 0.5) is 4.39 Å². The van der Waals surface area contributed by atoms with Crippen molar-refractivity contribution in [2.24, 2.45) is 11.7 Å². The fraction of sp³-hybridized carbons (Fsp3) is 0.556. The molecular formula is C18H28FN3O2. The molecule has 0 bridgehead atoms. The molecular weight excluding hydrogens is 309 g/mol. The maximum Gasteiger partial charge on any atom is 0.251 e. The molecule has 0 aliphatic carbocycles. The standard InChI is InChI=1S/C18H28FN3O2/c1-13(2)16(20)10-12-22(3)17(23)5-4-11-21-18(24)14-6-8-15(19)9-7-14/h6-9,13,16H,4-5,10-12,20H2,1-3H3,(H,21,24). The van der Waals surface area contributed by atoms with E-state index in [0.29, 0.717) is 37.4 Å². The Morgan fingerprint density at radius 2 is 1.88 bits per heavy atom. The van der Waals surface area contributed by atoms with Gasteiger partial charge in [-0.1, -0.05) is 13.8 Å². The second kappa shape index (κ2) is 10.0. The summed E-state index contributed by atoms with van der Waals surface area (Å²) in [6.07, 6.45) is 1.71. The van der Waals surface area contributed by atoms with Gasteiger partial charge in [-0.2, -0.15) is 0 Å². The number of rotatable bonds is 9. The molecule has 5 nitrogen and oxygen atoms in total. The Morgan fingerprint density at radius 1 is 1.25 bits per heavy atom. The summed E-state index contributed by atoms with van der Waals surface area (Å²) >= 11 is 0. The molecule has 134 valence electrons. The first-order chi connectivity index (χ1) is 11.3. The lowest BCUT2D eigenvalue weighted by molar-refractivity contribution is -0.130. The number of hydrogen-bond donors (Lipinski definition) is 2. The molecule has 0 aliphatic rings. The van der Waals surface area contributed by atoms with Gasteiger partial charge in [-0.3, -0.25) is 9.59 Å². The zero-order valence-electron chi connectivity index (χ0n) is 14.7. The van der Waals surface area contributed by atoms with Crippen molar-refractivity contribution in [3.05, 3.63) is 35.6 Å². The van der Waals surface area contributed by atoms with Crippen LogP contribution in [0.2, 0.25) is 0 Å². The molecule has 0 aromatic heterocycles. The second-order valence-electron chi connectivity index (χ2n) is 6.38. The van der Waals surface area contributed by atoms with Gasteiger partial charge in [-0.05, 0) is 43.0 Å². The van der Waals surface area contributed by atoms with Gasteiger partial charge < -0.3 is 16.0 Å². The van der Waals surface area contributed by atoms with Crippen LogP contribution in [0.5, 0.6) is 0 Å². The van der Waals surface area contributed by atoms with Gasteiger partial charge in [-0.15, -0.1) is 0 Å². The Hall–Kier alpha value is -1.95. The first-order valence-corrected chi connectivity index (χ1v) is 8.34. The molecule has 0 saturated heterocycles. The Balaban J connectivity index is 2.23. The molecule has 0 aliphatic heterocycles. The minimum Gasteiger partial charge on any atom is -0.352 e. The number of benzene rings is 1. The molecule has 0 spiro atoms. The van der Waals surface area contributed by atoms with Gasteiger partial charge in [-0.25, -0.2) is 4.39 Å². The number of nitrogens with zero attached hydrogens (tertiary/aromatic N) is 1. The molecule has 0 fully saturated rings. The highest BCUT2D eigenvalue weighted by Crippen LogP contribution is 2.05. The SMILES string of the molecule is CC(C)C(N)CCN(C)C(=O)CCCNC(=O)c1ccc(F)cc1. The van der Waals surface area contributed by atoms with Crippen LogP contribution in [0.3, 0.4) is 0 Å². The number of halogens is 1. The van der Waals surface area contributed by atoms with Crippen LogP contribution in [0.15, 0.2) is 24.3 Å². The largest absolute Gasteiger partial charge is 0.352 e. The highest BCUT2D eigenvalue weighted by molar-refractivity contribution is 5.94. The summed E-state index contributed by atoms with van der Waals surface area (Å²) in [6, 6.07) is 5.45. The topological polar surface area (TPSA) is 75.4 Å². The van der Waals surface area contributed by atoms with Gasteiger partial charge in [0, 0.05) is 38.2 Å². The second-order valence-corrected chi connectivity index (χ2v) is 6.38. The zero-order valence-corrected chi connectivity index (χ0v) is 14.7. The van der Waals surface area contributed by atoms with Crippen LogP contribution < -0.4 is 11.1 Å². The molecule has 1 unspecified atom stereocenters. The summed E-state index contributed by atoms with van der Waals surface area (Å²) in [7, 11) is 1.77. The van der Waals surface area contributed by atoms with Crippen LogP contribution in [0.25, 0.3) is 0 Å². The molecule has 0 heterocycles. The number of carbonyl (C=O) groups excluding carboxylic acids is 2. The van der Waals surface area contributed by atoms with E-state index in [1.54, 1.807) is 11.9 Å². The van der Waals surface area contributed by atoms with E-state index in [1.807, 2.05) is 0 Å². The van der Waals surface area contributed by atoms with Gasteiger partial charge in [0.2, 0.25) is 5.91 Å². The first kappa shape index (κ1) is 20.1. The van der Waals surface area contributed by atoms with Crippen molar-refractivity contribution in [2.75, 3.05) is 20.1 Å². The summed E-state index contributed by atoms with van der Waals surface area (Å²) in [4.78, 5) is 25.5. The summed E-state index contributed by atoms with van der Waals surface area (Å²) in [5, 5.41) is 2.73. The molecule has 3 N–H and O–H groups in total. The highest BCUT2D eigenvalue weighted by Gasteiger charge is 2.13. The summed E-state index contributed by atoms with van der Waals surface area (Å²) < 4.78 is 12.8. The van der Waals surface area contributed by atoms with Crippen molar-refractivity contribution in [1.29, 1.82) is 0 Å². The average Bonchev–Trinajstić information content (AvgIpc) is 2.56. The van der Waals surface area contributed by atoms with E-state index in [2.05, 4.69) is 19.2 Å². The number of amides is 2. The molecule has 24 heavy (non-hydrogen) atoms. The van der Waals surface area contributed by atoms with Crippen molar-refractivity contribution in [2.45, 2.75) is 39.2 Å². The summed E-state index contributed by atoms with van der Waals surface area (Å²) in [5.74, 6) is -0.201. The number of carbonyl (C=O) groups is 2. The highest BCUT2D eigenvalue weighted by atomic mass is 19.1. The number of nitrogens with one attached hydrogen (secondary N) is 1. The van der Waals surface area contributed by atoms with E-state index >= 15 is 0 Å². The molecule has 1 aromatic carbocycles. The van der Waals surface area contributed by atoms with Crippen molar-refractivity contribution >= 4 is 11.8 Å². The Bertz CT molecular complexity index is 532. The smallest absolute Gasteiger partial charge is 0.251 e. The lowest BCUT2D eigenvalue weighted by Gasteiger charge is -2.21. The van der Waals surface area contributed by atoms with Gasteiger partial charge in [0.15, 0.2) is 0 Å². The third kappa shape index (κ3) is 7.08. The third-order valence-electron chi connectivity index (χ3n) is 4.04. The van der Waals surface area contributed by atoms with E-state index in [0.717, 1.165) is 6.42 Å². The van der Waals surface area contributed by atoms with Gasteiger partial charge >= 0.3 is 0 Å². The fourth-order valence-electron chi connectivity index (χ4n) is 2.14. The predicted molar refractivity (Wildman–Crippen MR) is 93.0 cm³/mol. The Kier molecular flexibility index (Phi) is 8.40. The van der Waals surface area contributed by atoms with E-state index < -0.39 is 0 Å². The van der Waals surface area contributed by atoms with Crippen LogP contribution in [-0.4, -0.2) is 42.9 Å². The summed E-state index contributed by atoms with van der Waals surface area (Å²) in [5.41, 5.74) is 6.38. The van der Waals surface area contributed by atoms with E-state index in [4.69, 9.17) is 5.73 Å². The van der Waals surface area contributed by atoms with Crippen LogP contribution in [-0.2, 0) is 4.79 Å². The number of nitrogens with two attached hydrogens (primary N) is 1. The molecule has 2 amide bonds. The normalized spacial score (nSPS) is 12.1. The maximum atomic E-state index is 12.8. The minimum atomic E-state index is -0.377. The van der Waals surface area contributed by atoms with Gasteiger partial charge in [0.05, 0.1) is 0 Å². The molecule has 1 rings (SSSR count). The fourth-order valence-corrected chi connectivity index (χ4v) is 2.14. The van der Waals surface area contributed by atoms with Crippen molar-refractivity contribution in [3.63, 3.8) is 0 Å². The lowest BCUT2D eigenvalue weighted by Crippen LogP contribution is -2.35. The van der Waals surface area contributed by atoms with Crippen molar-refractivity contribution < 1.29 is 14.0 Å². The molecule has 1 atom stereocenters. The van der Waals surface area contributed by atoms with Crippen LogP contribution in [0, 0.1) is 11.7 Å². The maximum absolute atomic E-state index is 12.8. The van der Waals surface area contributed by atoms with Crippen molar-refractivity contribution in [1.82, 2.24) is 10.2 Å². The number of hydrogen-bond acceptors (Lipinski definition) is 3. The molecule has 1 aromatic rings. The van der Waals surface area contributed by atoms with Gasteiger partial charge in [0.25, 0.3) is 5.91 Å². The Labute approximate surface area is 143 Å². The third-order valence-corrected chi connectivity index (χ3v) is 4.04. The quantitative estimate of drug-likeness (QED) is 0.678. The predicted octanol–water partition coefficient (Wildman–Crippen LogP) is 2.17. The van der Waals surface area contributed by atoms with E-state index in [9.17, 15) is 14.0 Å². The molecule has 0 radical (unpaired) electrons. The molecule has 6 heteroatoms. The minimum absolute atomic E-state index is 0.0435.